The van der Waals surface area contributed by atoms with Crippen LogP contribution in [0.3, 0.4) is 0 Å². The summed E-state index contributed by atoms with van der Waals surface area (Å²) in [5.74, 6) is 0. The highest BCUT2D eigenvalue weighted by atomic mass is 28.3. The van der Waals surface area contributed by atoms with Crippen LogP contribution in [0.2, 0.25) is 12.6 Å². The van der Waals surface area contributed by atoms with Gasteiger partial charge in [-0.2, -0.15) is 0 Å². The molecule has 0 spiro atoms. The lowest BCUT2D eigenvalue weighted by atomic mass is 10.2. The Morgan fingerprint density at radius 3 is 2.24 bits per heavy atom. The molecule has 2 rings (SSSR count). The third-order valence-electron chi connectivity index (χ3n) is 3.98. The van der Waals surface area contributed by atoms with E-state index in [-0.39, 0.29) is 0 Å². The van der Waals surface area contributed by atoms with Gasteiger partial charge in [-0.3, -0.25) is 0 Å². The van der Waals surface area contributed by atoms with Crippen LogP contribution in [-0.2, 0) is 0 Å². The van der Waals surface area contributed by atoms with E-state index in [1.54, 1.807) is 10.7 Å². The van der Waals surface area contributed by atoms with E-state index in [1.165, 1.54) is 11.6 Å². The minimum Gasteiger partial charge on any atom is -0.0757 e. The highest BCUT2D eigenvalue weighted by molar-refractivity contribution is 6.96. The summed E-state index contributed by atoms with van der Waals surface area (Å²) >= 11 is 0. The molecule has 1 atom stereocenters. The molecule has 0 fully saturated rings. The van der Waals surface area contributed by atoms with Gasteiger partial charge in [-0.1, -0.05) is 85.8 Å². The first-order valence-corrected chi connectivity index (χ1v) is 9.23. The summed E-state index contributed by atoms with van der Waals surface area (Å²) in [7, 11) is -1.47. The largest absolute Gasteiger partial charge is 0.0985 e. The second-order valence-electron chi connectivity index (χ2n) is 4.91. The topological polar surface area (TPSA) is 0 Å². The van der Waals surface area contributed by atoms with Crippen molar-refractivity contribution >= 4 is 13.3 Å². The number of hydrogen-bond donors (Lipinski definition) is 0. The molecule has 1 unspecified atom stereocenters. The fourth-order valence-electron chi connectivity index (χ4n) is 2.44. The normalized spacial score (nSPS) is 19.1. The Labute approximate surface area is 106 Å². The minimum absolute atomic E-state index is 1.14. The highest BCUT2D eigenvalue weighted by Crippen LogP contribution is 2.31. The molecular weight excluding hydrogens is 220 g/mol. The molecule has 17 heavy (non-hydrogen) atoms. The van der Waals surface area contributed by atoms with E-state index < -0.39 is 8.07 Å². The minimum atomic E-state index is -1.47. The van der Waals surface area contributed by atoms with Gasteiger partial charge in [-0.05, 0) is 6.42 Å². The maximum absolute atomic E-state index is 2.48. The second-order valence-corrected chi connectivity index (χ2v) is 9.44. The van der Waals surface area contributed by atoms with Crippen LogP contribution in [0.15, 0.2) is 54.1 Å². The molecule has 1 heteroatoms. The summed E-state index contributed by atoms with van der Waals surface area (Å²) in [5.41, 5.74) is 3.06. The molecule has 0 aliphatic heterocycles. The van der Waals surface area contributed by atoms with Crippen molar-refractivity contribution in [1.82, 2.24) is 0 Å². The second kappa shape index (κ2) is 5.05. The predicted octanol–water partition coefficient (Wildman–Crippen LogP) is 4.01. The van der Waals surface area contributed by atoms with Crippen LogP contribution in [0.25, 0.3) is 0 Å². The third-order valence-corrected chi connectivity index (χ3v) is 8.59. The van der Waals surface area contributed by atoms with Crippen molar-refractivity contribution in [2.75, 3.05) is 0 Å². The third kappa shape index (κ3) is 2.30. The number of rotatable bonds is 4. The monoisotopic (exact) mass is 241 g/mol. The molecule has 1 aliphatic rings. The Morgan fingerprint density at radius 1 is 1.00 bits per heavy atom. The summed E-state index contributed by atoms with van der Waals surface area (Å²) in [4.78, 5) is 0. The highest BCUT2D eigenvalue weighted by Gasteiger charge is 2.35. The zero-order valence-electron chi connectivity index (χ0n) is 11.0. The van der Waals surface area contributed by atoms with Crippen molar-refractivity contribution in [2.24, 2.45) is 0 Å². The van der Waals surface area contributed by atoms with E-state index in [0.717, 1.165) is 6.42 Å². The van der Waals surface area contributed by atoms with Gasteiger partial charge in [-0.15, -0.1) is 0 Å². The van der Waals surface area contributed by atoms with Crippen molar-refractivity contribution in [1.29, 1.82) is 0 Å². The van der Waals surface area contributed by atoms with Crippen molar-refractivity contribution in [3.63, 3.8) is 0 Å². The molecule has 0 amide bonds. The fraction of sp³-hybridized carbons (Fsp3) is 0.312. The molecule has 0 nitrogen and oxygen atoms in total. The zero-order valence-corrected chi connectivity index (χ0v) is 12.0. The maximum atomic E-state index is 2.48. The molecule has 0 N–H and O–H groups in total. The molecule has 0 saturated heterocycles. The van der Waals surface area contributed by atoms with E-state index >= 15 is 0 Å². The van der Waals surface area contributed by atoms with Crippen LogP contribution < -0.4 is 5.19 Å². The number of hydrogen-bond acceptors (Lipinski definition) is 0. The molecule has 1 aliphatic carbocycles. The van der Waals surface area contributed by atoms with E-state index in [0.29, 0.717) is 0 Å². The van der Waals surface area contributed by atoms with Crippen LogP contribution in [0.4, 0.5) is 0 Å². The van der Waals surface area contributed by atoms with Crippen molar-refractivity contribution < 1.29 is 0 Å². The lowest BCUT2D eigenvalue weighted by Crippen LogP contribution is -2.48. The SMILES string of the molecule is CCC1=C[C]([Si](C)(CC)c2ccccc2)C=C1. The van der Waals surface area contributed by atoms with Crippen molar-refractivity contribution in [3.05, 3.63) is 59.7 Å². The average molecular weight is 241 g/mol. The smallest absolute Gasteiger partial charge is 0.0757 e. The summed E-state index contributed by atoms with van der Waals surface area (Å²) in [5, 5.41) is 1.55. The van der Waals surface area contributed by atoms with E-state index in [9.17, 15) is 0 Å². The van der Waals surface area contributed by atoms with Gasteiger partial charge in [0, 0.05) is 5.54 Å². The van der Waals surface area contributed by atoms with Crippen LogP contribution >= 0.6 is 0 Å². The lowest BCUT2D eigenvalue weighted by Gasteiger charge is -2.30. The van der Waals surface area contributed by atoms with E-state index in [1.807, 2.05) is 0 Å². The zero-order chi connectivity index (χ0) is 12.3. The van der Waals surface area contributed by atoms with Gasteiger partial charge < -0.3 is 0 Å². The molecule has 1 aromatic carbocycles. The molecule has 1 radical (unpaired) electrons. The average Bonchev–Trinajstić information content (AvgIpc) is 2.88. The van der Waals surface area contributed by atoms with Gasteiger partial charge in [0.1, 0.15) is 0 Å². The first-order chi connectivity index (χ1) is 8.20. The Hall–Kier alpha value is -1.08. The Bertz CT molecular complexity index is 430. The van der Waals surface area contributed by atoms with Crippen LogP contribution in [0.5, 0.6) is 0 Å². The van der Waals surface area contributed by atoms with Crippen LogP contribution in [-0.4, -0.2) is 8.07 Å². The Kier molecular flexibility index (Phi) is 3.68. The predicted molar refractivity (Wildman–Crippen MR) is 78.9 cm³/mol. The van der Waals surface area contributed by atoms with Crippen molar-refractivity contribution in [2.45, 2.75) is 32.9 Å². The standard InChI is InChI=1S/C16H21Si/c1-4-14-11-12-16(13-14)17(3,5-2)15-9-7-6-8-10-15/h6-13H,4-5H2,1-3H3. The molecule has 89 valence electrons. The van der Waals surface area contributed by atoms with Gasteiger partial charge in [0.2, 0.25) is 0 Å². The molecular formula is C16H21Si. The number of benzene rings is 1. The molecule has 0 aromatic heterocycles. The van der Waals surface area contributed by atoms with Gasteiger partial charge in [0.25, 0.3) is 0 Å². The van der Waals surface area contributed by atoms with Crippen LogP contribution in [0.1, 0.15) is 20.3 Å². The van der Waals surface area contributed by atoms with E-state index in [2.05, 4.69) is 69.0 Å². The van der Waals surface area contributed by atoms with E-state index in [4.69, 9.17) is 0 Å². The van der Waals surface area contributed by atoms with Gasteiger partial charge in [-0.25, -0.2) is 0 Å². The van der Waals surface area contributed by atoms with Gasteiger partial charge in [0.15, 0.2) is 0 Å². The Morgan fingerprint density at radius 2 is 1.71 bits per heavy atom. The summed E-state index contributed by atoms with van der Waals surface area (Å²) in [6.45, 7) is 7.04. The molecule has 1 aromatic rings. The molecule has 0 bridgehead atoms. The lowest BCUT2D eigenvalue weighted by molar-refractivity contribution is 1.15. The summed E-state index contributed by atoms with van der Waals surface area (Å²) in [6, 6.07) is 12.3. The summed E-state index contributed by atoms with van der Waals surface area (Å²) < 4.78 is 0. The first kappa shape index (κ1) is 12.4. The molecule has 0 heterocycles. The quantitative estimate of drug-likeness (QED) is 0.699. The number of allylic oxidation sites excluding steroid dienone is 4. The maximum Gasteiger partial charge on any atom is 0.0985 e. The Balaban J connectivity index is 2.34. The fourth-order valence-corrected chi connectivity index (χ4v) is 5.47. The first-order valence-electron chi connectivity index (χ1n) is 6.52. The molecule has 0 saturated carbocycles. The van der Waals surface area contributed by atoms with Crippen LogP contribution in [0, 0.1) is 5.54 Å². The van der Waals surface area contributed by atoms with Gasteiger partial charge in [0.05, 0.1) is 8.07 Å². The van der Waals surface area contributed by atoms with Gasteiger partial charge >= 0.3 is 0 Å². The summed E-state index contributed by atoms with van der Waals surface area (Å²) in [6.07, 6.45) is 8.20. The van der Waals surface area contributed by atoms with Crippen molar-refractivity contribution in [3.8, 4) is 0 Å².